The zero-order chi connectivity index (χ0) is 17.5. The van der Waals surface area contributed by atoms with Crippen molar-refractivity contribution in [1.29, 1.82) is 0 Å². The molecule has 5 heteroatoms. The first kappa shape index (κ1) is 18.0. The van der Waals surface area contributed by atoms with Gasteiger partial charge in [-0.25, -0.2) is 4.98 Å². The maximum atomic E-state index is 12.4. The van der Waals surface area contributed by atoms with E-state index in [2.05, 4.69) is 17.2 Å². The Morgan fingerprint density at radius 1 is 1.32 bits per heavy atom. The van der Waals surface area contributed by atoms with Gasteiger partial charge in [0.05, 0.1) is 6.10 Å². The Morgan fingerprint density at radius 2 is 2.16 bits per heavy atom. The van der Waals surface area contributed by atoms with E-state index in [1.807, 2.05) is 42.5 Å². The van der Waals surface area contributed by atoms with Crippen LogP contribution in [0.2, 0.25) is 0 Å². The maximum Gasteiger partial charge on any atom is 0.251 e. The first-order valence-electron chi connectivity index (χ1n) is 8.82. The van der Waals surface area contributed by atoms with Crippen molar-refractivity contribution in [3.8, 4) is 0 Å². The van der Waals surface area contributed by atoms with Crippen LogP contribution in [0.3, 0.4) is 0 Å². The van der Waals surface area contributed by atoms with Crippen LogP contribution in [-0.2, 0) is 4.74 Å². The normalized spacial score (nSPS) is 18.0. The Kier molecular flexibility index (Phi) is 6.48. The van der Waals surface area contributed by atoms with Crippen LogP contribution in [0, 0.1) is 0 Å². The number of hydrogen-bond acceptors (Lipinski definition) is 4. The van der Waals surface area contributed by atoms with Crippen LogP contribution in [0.25, 0.3) is 0 Å². The zero-order valence-electron chi connectivity index (χ0n) is 14.5. The van der Waals surface area contributed by atoms with E-state index in [0.717, 1.165) is 42.2 Å². The molecule has 1 aliphatic heterocycles. The lowest BCUT2D eigenvalue weighted by Gasteiger charge is -2.16. The van der Waals surface area contributed by atoms with Gasteiger partial charge < -0.3 is 10.1 Å². The molecule has 1 aromatic carbocycles. The molecule has 0 saturated carbocycles. The Bertz CT molecular complexity index is 670. The molecule has 132 valence electrons. The van der Waals surface area contributed by atoms with Crippen molar-refractivity contribution >= 4 is 17.7 Å². The van der Waals surface area contributed by atoms with E-state index in [1.165, 1.54) is 0 Å². The lowest BCUT2D eigenvalue weighted by Crippen LogP contribution is -2.33. The maximum absolute atomic E-state index is 12.4. The molecule has 25 heavy (non-hydrogen) atoms. The van der Waals surface area contributed by atoms with Crippen LogP contribution in [-0.4, -0.2) is 29.6 Å². The van der Waals surface area contributed by atoms with Gasteiger partial charge in [-0.15, -0.1) is 0 Å². The molecular formula is C20H24N2O2S. The summed E-state index contributed by atoms with van der Waals surface area (Å²) in [6.07, 6.45) is 6.43. The Balaban J connectivity index is 1.48. The molecule has 2 aromatic rings. The smallest absolute Gasteiger partial charge is 0.251 e. The van der Waals surface area contributed by atoms with Gasteiger partial charge in [0.25, 0.3) is 5.91 Å². The SMILES string of the molecule is CC(CCC1CCCO1)NC(=O)c1ccc(Sc2ccccn2)cc1. The largest absolute Gasteiger partial charge is 0.378 e. The summed E-state index contributed by atoms with van der Waals surface area (Å²) in [6.45, 7) is 2.94. The van der Waals surface area contributed by atoms with Gasteiger partial charge in [0, 0.05) is 29.3 Å². The third-order valence-corrected chi connectivity index (χ3v) is 5.26. The third-order valence-electron chi connectivity index (χ3n) is 4.30. The van der Waals surface area contributed by atoms with Crippen LogP contribution in [0.4, 0.5) is 0 Å². The summed E-state index contributed by atoms with van der Waals surface area (Å²) in [4.78, 5) is 17.7. The lowest BCUT2D eigenvalue weighted by molar-refractivity contribution is 0.0899. The van der Waals surface area contributed by atoms with E-state index in [4.69, 9.17) is 4.74 Å². The predicted molar refractivity (Wildman–Crippen MR) is 99.9 cm³/mol. The van der Waals surface area contributed by atoms with E-state index in [1.54, 1.807) is 18.0 Å². The molecule has 0 bridgehead atoms. The number of ether oxygens (including phenoxy) is 1. The average Bonchev–Trinajstić information content (AvgIpc) is 3.15. The summed E-state index contributed by atoms with van der Waals surface area (Å²) in [5.41, 5.74) is 0.689. The molecule has 0 aliphatic carbocycles. The summed E-state index contributed by atoms with van der Waals surface area (Å²) in [6, 6.07) is 13.7. The van der Waals surface area contributed by atoms with Crippen molar-refractivity contribution < 1.29 is 9.53 Å². The number of nitrogens with zero attached hydrogens (tertiary/aromatic N) is 1. The van der Waals surface area contributed by atoms with E-state index in [9.17, 15) is 4.79 Å². The van der Waals surface area contributed by atoms with E-state index in [-0.39, 0.29) is 11.9 Å². The van der Waals surface area contributed by atoms with Gasteiger partial charge in [-0.3, -0.25) is 4.79 Å². The van der Waals surface area contributed by atoms with Gasteiger partial charge in [-0.05, 0) is 69.0 Å². The highest BCUT2D eigenvalue weighted by molar-refractivity contribution is 7.99. The molecule has 2 heterocycles. The van der Waals surface area contributed by atoms with Gasteiger partial charge >= 0.3 is 0 Å². The zero-order valence-corrected chi connectivity index (χ0v) is 15.3. The second-order valence-corrected chi connectivity index (χ2v) is 7.48. The molecule has 0 spiro atoms. The minimum atomic E-state index is -0.0192. The Labute approximate surface area is 153 Å². The van der Waals surface area contributed by atoms with Crippen molar-refractivity contribution in [3.63, 3.8) is 0 Å². The fourth-order valence-corrected chi connectivity index (χ4v) is 3.66. The van der Waals surface area contributed by atoms with Crippen molar-refractivity contribution in [3.05, 3.63) is 54.2 Å². The Hall–Kier alpha value is -1.85. The number of carbonyl (C=O) groups excluding carboxylic acids is 1. The monoisotopic (exact) mass is 356 g/mol. The summed E-state index contributed by atoms with van der Waals surface area (Å²) in [7, 11) is 0. The number of pyridine rings is 1. The van der Waals surface area contributed by atoms with Crippen LogP contribution >= 0.6 is 11.8 Å². The van der Waals surface area contributed by atoms with E-state index < -0.39 is 0 Å². The third kappa shape index (κ3) is 5.58. The highest BCUT2D eigenvalue weighted by atomic mass is 32.2. The summed E-state index contributed by atoms with van der Waals surface area (Å²) in [5.74, 6) is -0.0192. The standard InChI is InChI=1S/C20H24N2O2S/c1-15(7-10-17-5-4-14-24-17)22-20(23)16-8-11-18(12-9-16)25-19-6-2-3-13-21-19/h2-3,6,8-9,11-13,15,17H,4-5,7,10,14H2,1H3,(H,22,23). The molecule has 0 radical (unpaired) electrons. The molecular weight excluding hydrogens is 332 g/mol. The molecule has 1 saturated heterocycles. The van der Waals surface area contributed by atoms with Crippen LogP contribution in [0.15, 0.2) is 58.6 Å². The molecule has 2 atom stereocenters. The van der Waals surface area contributed by atoms with Gasteiger partial charge in [0.15, 0.2) is 0 Å². The van der Waals surface area contributed by atoms with E-state index in [0.29, 0.717) is 11.7 Å². The molecule has 1 N–H and O–H groups in total. The van der Waals surface area contributed by atoms with Crippen molar-refractivity contribution in [2.75, 3.05) is 6.61 Å². The van der Waals surface area contributed by atoms with Gasteiger partial charge in [0.2, 0.25) is 0 Å². The highest BCUT2D eigenvalue weighted by Crippen LogP contribution is 2.25. The van der Waals surface area contributed by atoms with Crippen LogP contribution < -0.4 is 5.32 Å². The number of aromatic nitrogens is 1. The minimum Gasteiger partial charge on any atom is -0.378 e. The van der Waals surface area contributed by atoms with E-state index >= 15 is 0 Å². The number of carbonyl (C=O) groups is 1. The van der Waals surface area contributed by atoms with Crippen molar-refractivity contribution in [1.82, 2.24) is 10.3 Å². The van der Waals surface area contributed by atoms with Crippen molar-refractivity contribution in [2.45, 2.75) is 54.7 Å². The lowest BCUT2D eigenvalue weighted by atomic mass is 10.1. The van der Waals surface area contributed by atoms with Crippen LogP contribution in [0.1, 0.15) is 43.0 Å². The highest BCUT2D eigenvalue weighted by Gasteiger charge is 2.17. The molecule has 1 aliphatic rings. The fourth-order valence-electron chi connectivity index (χ4n) is 2.89. The molecule has 1 amide bonds. The fraction of sp³-hybridized carbons (Fsp3) is 0.400. The molecule has 3 rings (SSSR count). The second-order valence-electron chi connectivity index (χ2n) is 6.38. The Morgan fingerprint density at radius 3 is 2.84 bits per heavy atom. The van der Waals surface area contributed by atoms with Crippen LogP contribution in [0.5, 0.6) is 0 Å². The van der Waals surface area contributed by atoms with Crippen molar-refractivity contribution in [2.24, 2.45) is 0 Å². The molecule has 2 unspecified atom stereocenters. The number of rotatable bonds is 7. The van der Waals surface area contributed by atoms with Gasteiger partial charge in [-0.2, -0.15) is 0 Å². The first-order valence-corrected chi connectivity index (χ1v) is 9.64. The first-order chi connectivity index (χ1) is 12.2. The number of amides is 1. The van der Waals surface area contributed by atoms with Gasteiger partial charge in [0.1, 0.15) is 5.03 Å². The molecule has 1 aromatic heterocycles. The quantitative estimate of drug-likeness (QED) is 0.803. The number of benzene rings is 1. The second kappa shape index (κ2) is 9.02. The summed E-state index contributed by atoms with van der Waals surface area (Å²) in [5, 5.41) is 4.02. The average molecular weight is 356 g/mol. The molecule has 4 nitrogen and oxygen atoms in total. The number of nitrogens with one attached hydrogen (secondary N) is 1. The minimum absolute atomic E-state index is 0.0192. The topological polar surface area (TPSA) is 51.2 Å². The predicted octanol–water partition coefficient (Wildman–Crippen LogP) is 4.31. The molecule has 1 fully saturated rings. The summed E-state index contributed by atoms with van der Waals surface area (Å²) < 4.78 is 5.63. The number of hydrogen-bond donors (Lipinski definition) is 1. The summed E-state index contributed by atoms with van der Waals surface area (Å²) >= 11 is 1.59. The van der Waals surface area contributed by atoms with Gasteiger partial charge in [-0.1, -0.05) is 17.8 Å².